The van der Waals surface area contributed by atoms with Crippen LogP contribution in [0.1, 0.15) is 5.56 Å². The molecule has 0 fully saturated rings. The van der Waals surface area contributed by atoms with Crippen molar-refractivity contribution in [2.75, 3.05) is 23.8 Å². The molecular weight excluding hydrogens is 298 g/mol. The number of anilines is 2. The standard InChI is InChI=1S/C20H17N3O/c1-23(19-10-9-16-6-2-3-7-17(16)12-19)14-20(24)22-18-8-4-5-15(11-18)13-21/h2-12H,14H2,1H3,(H,22,24). The SMILES string of the molecule is CN(CC(=O)Nc1cccc(C#N)c1)c1ccc2ccccc2c1. The maximum Gasteiger partial charge on any atom is 0.243 e. The first-order valence-electron chi connectivity index (χ1n) is 7.66. The van der Waals surface area contributed by atoms with Gasteiger partial charge in [-0.1, -0.05) is 36.4 Å². The van der Waals surface area contributed by atoms with Crippen LogP contribution in [0, 0.1) is 11.3 Å². The van der Waals surface area contributed by atoms with Gasteiger partial charge in [0.05, 0.1) is 18.2 Å². The Balaban J connectivity index is 1.69. The third kappa shape index (κ3) is 3.53. The summed E-state index contributed by atoms with van der Waals surface area (Å²) in [6, 6.07) is 23.2. The number of carbonyl (C=O) groups is 1. The van der Waals surface area contributed by atoms with E-state index in [2.05, 4.69) is 35.7 Å². The van der Waals surface area contributed by atoms with Crippen molar-refractivity contribution >= 4 is 28.1 Å². The number of rotatable bonds is 4. The molecule has 1 amide bonds. The predicted octanol–water partition coefficient (Wildman–Crippen LogP) is 3.79. The second-order valence-electron chi connectivity index (χ2n) is 5.63. The largest absolute Gasteiger partial charge is 0.365 e. The molecule has 0 saturated carbocycles. The Kier molecular flexibility index (Phi) is 4.44. The number of nitrogens with zero attached hydrogens (tertiary/aromatic N) is 2. The Morgan fingerprint density at radius 3 is 2.62 bits per heavy atom. The van der Waals surface area contributed by atoms with Crippen molar-refractivity contribution in [2.45, 2.75) is 0 Å². The molecule has 24 heavy (non-hydrogen) atoms. The third-order valence-electron chi connectivity index (χ3n) is 3.83. The lowest BCUT2D eigenvalue weighted by Crippen LogP contribution is -2.30. The second kappa shape index (κ2) is 6.84. The van der Waals surface area contributed by atoms with Crippen LogP contribution < -0.4 is 10.2 Å². The quantitative estimate of drug-likeness (QED) is 0.797. The smallest absolute Gasteiger partial charge is 0.243 e. The highest BCUT2D eigenvalue weighted by Gasteiger charge is 2.09. The molecule has 3 aromatic rings. The fourth-order valence-electron chi connectivity index (χ4n) is 2.59. The average molecular weight is 315 g/mol. The first-order valence-corrected chi connectivity index (χ1v) is 7.66. The maximum atomic E-state index is 12.2. The Bertz CT molecular complexity index is 927. The number of amides is 1. The summed E-state index contributed by atoms with van der Waals surface area (Å²) in [5.74, 6) is -0.124. The summed E-state index contributed by atoms with van der Waals surface area (Å²) >= 11 is 0. The zero-order valence-electron chi connectivity index (χ0n) is 13.4. The van der Waals surface area contributed by atoms with Gasteiger partial charge in [-0.25, -0.2) is 0 Å². The van der Waals surface area contributed by atoms with Crippen LogP contribution in [0.2, 0.25) is 0 Å². The van der Waals surface area contributed by atoms with Crippen molar-refractivity contribution < 1.29 is 4.79 Å². The van der Waals surface area contributed by atoms with Crippen LogP contribution in [0.5, 0.6) is 0 Å². The normalized spacial score (nSPS) is 10.2. The topological polar surface area (TPSA) is 56.1 Å². The molecule has 0 aromatic heterocycles. The molecule has 3 rings (SSSR count). The van der Waals surface area contributed by atoms with E-state index in [1.165, 1.54) is 5.39 Å². The Morgan fingerprint density at radius 2 is 1.83 bits per heavy atom. The van der Waals surface area contributed by atoms with Crippen LogP contribution >= 0.6 is 0 Å². The first-order chi connectivity index (χ1) is 11.7. The lowest BCUT2D eigenvalue weighted by Gasteiger charge is -2.19. The van der Waals surface area contributed by atoms with Gasteiger partial charge in [0, 0.05) is 18.4 Å². The van der Waals surface area contributed by atoms with Gasteiger partial charge in [-0.15, -0.1) is 0 Å². The molecule has 4 nitrogen and oxygen atoms in total. The van der Waals surface area contributed by atoms with Crippen molar-refractivity contribution in [3.05, 3.63) is 72.3 Å². The summed E-state index contributed by atoms with van der Waals surface area (Å²) < 4.78 is 0. The van der Waals surface area contributed by atoms with Gasteiger partial charge >= 0.3 is 0 Å². The molecule has 0 atom stereocenters. The van der Waals surface area contributed by atoms with Gasteiger partial charge in [0.15, 0.2) is 0 Å². The van der Waals surface area contributed by atoms with E-state index in [-0.39, 0.29) is 12.5 Å². The highest BCUT2D eigenvalue weighted by Crippen LogP contribution is 2.21. The Labute approximate surface area is 140 Å². The molecule has 0 saturated heterocycles. The van der Waals surface area contributed by atoms with Gasteiger partial charge in [-0.3, -0.25) is 4.79 Å². The van der Waals surface area contributed by atoms with Crippen molar-refractivity contribution in [1.82, 2.24) is 0 Å². The van der Waals surface area contributed by atoms with Crippen LogP contribution in [0.3, 0.4) is 0 Å². The van der Waals surface area contributed by atoms with Crippen LogP contribution in [0.15, 0.2) is 66.7 Å². The highest BCUT2D eigenvalue weighted by atomic mass is 16.2. The molecule has 0 aliphatic carbocycles. The highest BCUT2D eigenvalue weighted by molar-refractivity contribution is 5.94. The molecule has 0 unspecified atom stereocenters. The number of benzene rings is 3. The van der Waals surface area contributed by atoms with E-state index in [1.807, 2.05) is 30.1 Å². The number of fused-ring (bicyclic) bond motifs is 1. The molecule has 118 valence electrons. The van der Waals surface area contributed by atoms with Crippen LogP contribution in [0.25, 0.3) is 10.8 Å². The summed E-state index contributed by atoms with van der Waals surface area (Å²) in [6.07, 6.45) is 0. The summed E-state index contributed by atoms with van der Waals surface area (Å²) in [6.45, 7) is 0.231. The van der Waals surface area contributed by atoms with Crippen LogP contribution in [-0.4, -0.2) is 19.5 Å². The molecule has 0 aliphatic heterocycles. The number of likely N-dealkylation sites (N-methyl/N-ethyl adjacent to an activating group) is 1. The minimum atomic E-state index is -0.124. The average Bonchev–Trinajstić information content (AvgIpc) is 2.61. The van der Waals surface area contributed by atoms with Crippen molar-refractivity contribution in [1.29, 1.82) is 5.26 Å². The van der Waals surface area contributed by atoms with Gasteiger partial charge in [-0.05, 0) is 41.1 Å². The van der Waals surface area contributed by atoms with E-state index >= 15 is 0 Å². The number of carbonyl (C=O) groups excluding carboxylic acids is 1. The summed E-state index contributed by atoms with van der Waals surface area (Å²) in [5, 5.41) is 14.0. The number of hydrogen-bond acceptors (Lipinski definition) is 3. The van der Waals surface area contributed by atoms with E-state index < -0.39 is 0 Å². The molecule has 0 radical (unpaired) electrons. The first kappa shape index (κ1) is 15.6. The zero-order chi connectivity index (χ0) is 16.9. The van der Waals surface area contributed by atoms with Gasteiger partial charge in [0.25, 0.3) is 0 Å². The molecule has 0 heterocycles. The molecule has 0 bridgehead atoms. The van der Waals surface area contributed by atoms with Crippen molar-refractivity contribution in [3.8, 4) is 6.07 Å². The van der Waals surface area contributed by atoms with Crippen LogP contribution in [0.4, 0.5) is 11.4 Å². The van der Waals surface area contributed by atoms with E-state index in [4.69, 9.17) is 5.26 Å². The van der Waals surface area contributed by atoms with Gasteiger partial charge in [0.1, 0.15) is 0 Å². The molecule has 0 spiro atoms. The molecule has 4 heteroatoms. The maximum absolute atomic E-state index is 12.2. The van der Waals surface area contributed by atoms with Gasteiger partial charge in [0.2, 0.25) is 5.91 Å². The molecule has 3 aromatic carbocycles. The van der Waals surface area contributed by atoms with E-state index in [1.54, 1.807) is 24.3 Å². The molecule has 0 aliphatic rings. The van der Waals surface area contributed by atoms with Gasteiger partial charge < -0.3 is 10.2 Å². The Morgan fingerprint density at radius 1 is 1.04 bits per heavy atom. The minimum absolute atomic E-state index is 0.124. The van der Waals surface area contributed by atoms with Gasteiger partial charge in [-0.2, -0.15) is 5.26 Å². The van der Waals surface area contributed by atoms with Crippen LogP contribution in [-0.2, 0) is 4.79 Å². The lowest BCUT2D eigenvalue weighted by atomic mass is 10.1. The fourth-order valence-corrected chi connectivity index (χ4v) is 2.59. The third-order valence-corrected chi connectivity index (χ3v) is 3.83. The van der Waals surface area contributed by atoms with Crippen molar-refractivity contribution in [2.24, 2.45) is 0 Å². The number of nitrogens with one attached hydrogen (secondary N) is 1. The Hall–Kier alpha value is -3.32. The number of hydrogen-bond donors (Lipinski definition) is 1. The summed E-state index contributed by atoms with van der Waals surface area (Å²) in [5.41, 5.74) is 2.14. The zero-order valence-corrected chi connectivity index (χ0v) is 13.4. The summed E-state index contributed by atoms with van der Waals surface area (Å²) in [7, 11) is 1.88. The van der Waals surface area contributed by atoms with Crippen molar-refractivity contribution in [3.63, 3.8) is 0 Å². The predicted molar refractivity (Wildman–Crippen MR) is 97.0 cm³/mol. The summed E-state index contributed by atoms with van der Waals surface area (Å²) in [4.78, 5) is 14.1. The molecule has 1 N–H and O–H groups in total. The second-order valence-corrected chi connectivity index (χ2v) is 5.63. The van der Waals surface area contributed by atoms with E-state index in [9.17, 15) is 4.79 Å². The number of nitriles is 1. The fraction of sp³-hybridized carbons (Fsp3) is 0.100. The van der Waals surface area contributed by atoms with E-state index in [0.717, 1.165) is 11.1 Å². The molecular formula is C20H17N3O. The minimum Gasteiger partial charge on any atom is -0.365 e. The van der Waals surface area contributed by atoms with E-state index in [0.29, 0.717) is 11.3 Å². The monoisotopic (exact) mass is 315 g/mol. The lowest BCUT2D eigenvalue weighted by molar-refractivity contribution is -0.114.